The molecule has 3 saturated heterocycles. The number of anilines is 2. The topological polar surface area (TPSA) is 162 Å². The lowest BCUT2D eigenvalue weighted by Crippen LogP contribution is -2.73. The standard InChI is InChI=1S/C43H49N9O6/c1-26(2)58-37-17-33-29(16-35(37)46-40(55)34-18-45-52-14-4-13-44-39(34)52)20-51(42(33)57)31-9-7-30(8-10-31)49-21-43(22-49)23-50(24-43)32-6-5-27(3)28(15-32)19-48(25-53)36-11-12-38(54)47-41(36)56/h4-6,13-18,25-26,30-31,36H,7-12,19-24H2,1-3H3,(H,46,55)(H,47,54,56). The molecule has 15 nitrogen and oxygen atoms in total. The second kappa shape index (κ2) is 14.8. The number of fused-ring (bicyclic) bond motifs is 2. The lowest BCUT2D eigenvalue weighted by Gasteiger charge is -2.63. The van der Waals surface area contributed by atoms with Crippen LogP contribution >= 0.6 is 0 Å². The lowest BCUT2D eigenvalue weighted by molar-refractivity contribution is -0.141. The Labute approximate surface area is 336 Å². The molecule has 2 N–H and O–H groups in total. The molecule has 5 amide bonds. The minimum absolute atomic E-state index is 0.0170. The number of hydrogen-bond donors (Lipinski definition) is 2. The van der Waals surface area contributed by atoms with Crippen molar-refractivity contribution in [2.45, 2.75) is 96.6 Å². The number of piperidine rings is 1. The van der Waals surface area contributed by atoms with Gasteiger partial charge in [0.1, 0.15) is 17.4 Å². The quantitative estimate of drug-likeness (QED) is 0.168. The van der Waals surface area contributed by atoms with E-state index in [0.29, 0.717) is 60.2 Å². The van der Waals surface area contributed by atoms with Gasteiger partial charge in [-0.1, -0.05) is 6.07 Å². The van der Waals surface area contributed by atoms with Crippen molar-refractivity contribution in [2.75, 3.05) is 36.4 Å². The molecule has 1 unspecified atom stereocenters. The van der Waals surface area contributed by atoms with Crippen LogP contribution in [0, 0.1) is 12.3 Å². The highest BCUT2D eigenvalue weighted by Crippen LogP contribution is 2.45. The van der Waals surface area contributed by atoms with Gasteiger partial charge < -0.3 is 24.8 Å². The molecule has 1 aliphatic carbocycles. The zero-order valence-corrected chi connectivity index (χ0v) is 33.1. The lowest BCUT2D eigenvalue weighted by atomic mass is 9.70. The molecule has 4 aromatic rings. The van der Waals surface area contributed by atoms with Crippen molar-refractivity contribution >= 4 is 47.1 Å². The first-order valence-corrected chi connectivity index (χ1v) is 20.3. The third-order valence-electron chi connectivity index (χ3n) is 12.7. The Morgan fingerprint density at radius 2 is 1.83 bits per heavy atom. The Morgan fingerprint density at radius 1 is 1.05 bits per heavy atom. The maximum Gasteiger partial charge on any atom is 0.261 e. The summed E-state index contributed by atoms with van der Waals surface area (Å²) in [4.78, 5) is 76.2. The first kappa shape index (κ1) is 37.7. The van der Waals surface area contributed by atoms with Gasteiger partial charge in [0.2, 0.25) is 18.2 Å². The van der Waals surface area contributed by atoms with E-state index in [2.05, 4.69) is 48.7 Å². The van der Waals surface area contributed by atoms with Gasteiger partial charge in [0.15, 0.2) is 5.65 Å². The first-order valence-electron chi connectivity index (χ1n) is 20.3. The van der Waals surface area contributed by atoms with Crippen molar-refractivity contribution in [1.29, 1.82) is 0 Å². The molecule has 15 heteroatoms. The zero-order chi connectivity index (χ0) is 40.3. The molecule has 302 valence electrons. The normalized spacial score (nSPS) is 22.8. The van der Waals surface area contributed by atoms with Crippen LogP contribution in [0.5, 0.6) is 5.75 Å². The van der Waals surface area contributed by atoms with E-state index in [9.17, 15) is 24.0 Å². The molecule has 9 rings (SSSR count). The average Bonchev–Trinajstić information content (AvgIpc) is 3.75. The highest BCUT2D eigenvalue weighted by molar-refractivity contribution is 6.09. The van der Waals surface area contributed by atoms with Crippen LogP contribution in [0.25, 0.3) is 5.65 Å². The summed E-state index contributed by atoms with van der Waals surface area (Å²) in [6.07, 6.45) is 9.96. The summed E-state index contributed by atoms with van der Waals surface area (Å²) in [6, 6.07) is 11.8. The third-order valence-corrected chi connectivity index (χ3v) is 12.7. The number of carbonyl (C=O) groups is 5. The third kappa shape index (κ3) is 6.94. The summed E-state index contributed by atoms with van der Waals surface area (Å²) in [7, 11) is 0. The molecule has 2 aromatic carbocycles. The highest BCUT2D eigenvalue weighted by Gasteiger charge is 2.53. The fourth-order valence-electron chi connectivity index (χ4n) is 9.68. The predicted molar refractivity (Wildman–Crippen MR) is 214 cm³/mol. The van der Waals surface area contributed by atoms with Gasteiger partial charge in [-0.15, -0.1) is 0 Å². The maximum atomic E-state index is 13.9. The second-order valence-corrected chi connectivity index (χ2v) is 17.1. The Balaban J connectivity index is 0.783. The Morgan fingerprint density at radius 3 is 2.57 bits per heavy atom. The largest absolute Gasteiger partial charge is 0.489 e. The van der Waals surface area contributed by atoms with Gasteiger partial charge in [0, 0.05) is 86.8 Å². The van der Waals surface area contributed by atoms with Crippen molar-refractivity contribution in [1.82, 2.24) is 34.6 Å². The van der Waals surface area contributed by atoms with Crippen molar-refractivity contribution < 1.29 is 28.7 Å². The second-order valence-electron chi connectivity index (χ2n) is 17.1. The van der Waals surface area contributed by atoms with E-state index < -0.39 is 11.9 Å². The SMILES string of the molecule is Cc1ccc(N2CC3(C2)CN(C2CCC(N4Cc5cc(NC(=O)c6cnn7cccnc67)c(OC(C)C)cc5C4=O)CC2)C3)cc1CN(C=O)C1CCC(=O)NC1=O. The number of hydrogen-bond acceptors (Lipinski definition) is 10. The van der Waals surface area contributed by atoms with E-state index in [1.54, 1.807) is 29.0 Å². The number of carbonyl (C=O) groups excluding carboxylic acids is 5. The molecule has 4 fully saturated rings. The minimum atomic E-state index is -0.644. The molecular formula is C43H49N9O6. The van der Waals surface area contributed by atoms with Gasteiger partial charge in [0.25, 0.3) is 11.8 Å². The van der Waals surface area contributed by atoms with E-state index >= 15 is 0 Å². The maximum absolute atomic E-state index is 13.9. The number of ether oxygens (including phenoxy) is 1. The number of rotatable bonds is 11. The molecule has 58 heavy (non-hydrogen) atoms. The van der Waals surface area contributed by atoms with Crippen LogP contribution in [-0.2, 0) is 27.5 Å². The number of benzene rings is 2. The van der Waals surface area contributed by atoms with E-state index in [1.807, 2.05) is 31.7 Å². The highest BCUT2D eigenvalue weighted by atomic mass is 16.5. The molecule has 5 aliphatic rings. The molecular weight excluding hydrogens is 739 g/mol. The summed E-state index contributed by atoms with van der Waals surface area (Å²) in [5.74, 6) is -0.578. The van der Waals surface area contributed by atoms with Crippen LogP contribution in [0.4, 0.5) is 11.4 Å². The van der Waals surface area contributed by atoms with Crippen molar-refractivity contribution in [2.24, 2.45) is 5.41 Å². The molecule has 6 heterocycles. The van der Waals surface area contributed by atoms with Gasteiger partial charge in [-0.2, -0.15) is 5.10 Å². The monoisotopic (exact) mass is 787 g/mol. The van der Waals surface area contributed by atoms with Crippen LogP contribution < -0.4 is 20.3 Å². The fourth-order valence-corrected chi connectivity index (χ4v) is 9.68. The Bertz CT molecular complexity index is 2300. The molecule has 1 saturated carbocycles. The number of amides is 5. The summed E-state index contributed by atoms with van der Waals surface area (Å²) in [5, 5.41) is 9.61. The van der Waals surface area contributed by atoms with E-state index in [4.69, 9.17) is 4.74 Å². The average molecular weight is 788 g/mol. The zero-order valence-electron chi connectivity index (χ0n) is 33.1. The Hall–Kier alpha value is -5.83. The number of nitrogens with zero attached hydrogens (tertiary/aromatic N) is 7. The summed E-state index contributed by atoms with van der Waals surface area (Å²) >= 11 is 0. The van der Waals surface area contributed by atoms with Gasteiger partial charge in [-0.3, -0.25) is 34.2 Å². The van der Waals surface area contributed by atoms with Crippen molar-refractivity contribution in [3.8, 4) is 5.75 Å². The van der Waals surface area contributed by atoms with Crippen LogP contribution in [0.1, 0.15) is 89.8 Å². The van der Waals surface area contributed by atoms with Gasteiger partial charge in [0.05, 0.1) is 18.0 Å². The number of aryl methyl sites for hydroxylation is 1. The molecule has 0 bridgehead atoms. The van der Waals surface area contributed by atoms with E-state index in [0.717, 1.165) is 74.2 Å². The van der Waals surface area contributed by atoms with Crippen molar-refractivity contribution in [3.05, 3.63) is 82.8 Å². The fraction of sp³-hybridized carbons (Fsp3) is 0.465. The van der Waals surface area contributed by atoms with Crippen LogP contribution in [-0.4, -0.2) is 110 Å². The Kier molecular flexibility index (Phi) is 9.65. The predicted octanol–water partition coefficient (Wildman–Crippen LogP) is 3.93. The van der Waals surface area contributed by atoms with Crippen LogP contribution in [0.2, 0.25) is 0 Å². The smallest absolute Gasteiger partial charge is 0.261 e. The van der Waals surface area contributed by atoms with E-state index in [-0.39, 0.29) is 41.7 Å². The summed E-state index contributed by atoms with van der Waals surface area (Å²) in [5.41, 5.74) is 6.29. The van der Waals surface area contributed by atoms with Crippen LogP contribution in [0.3, 0.4) is 0 Å². The number of nitrogens with one attached hydrogen (secondary N) is 2. The molecule has 4 aliphatic heterocycles. The molecule has 0 radical (unpaired) electrons. The molecule has 1 spiro atoms. The molecule has 1 atom stereocenters. The first-order chi connectivity index (χ1) is 28.0. The van der Waals surface area contributed by atoms with Crippen LogP contribution in [0.15, 0.2) is 55.0 Å². The summed E-state index contributed by atoms with van der Waals surface area (Å²) in [6.45, 7) is 10.8. The van der Waals surface area contributed by atoms with E-state index in [1.165, 1.54) is 11.1 Å². The van der Waals surface area contributed by atoms with Gasteiger partial charge in [-0.25, -0.2) is 9.50 Å². The number of likely N-dealkylation sites (tertiary alicyclic amines) is 1. The number of imide groups is 1. The minimum Gasteiger partial charge on any atom is -0.489 e. The van der Waals surface area contributed by atoms with Gasteiger partial charge in [-0.05, 0) is 99.9 Å². The molecule has 2 aromatic heterocycles. The number of aromatic nitrogens is 3. The summed E-state index contributed by atoms with van der Waals surface area (Å²) < 4.78 is 7.67. The van der Waals surface area contributed by atoms with Crippen molar-refractivity contribution in [3.63, 3.8) is 0 Å². The van der Waals surface area contributed by atoms with Gasteiger partial charge >= 0.3 is 0 Å².